The average molecular weight is 433 g/mol. The van der Waals surface area contributed by atoms with E-state index in [1.54, 1.807) is 11.4 Å². The maximum absolute atomic E-state index is 14.3. The third kappa shape index (κ3) is 3.14. The van der Waals surface area contributed by atoms with Crippen LogP contribution in [-0.4, -0.2) is 48.6 Å². The summed E-state index contributed by atoms with van der Waals surface area (Å²) >= 11 is 6.11. The van der Waals surface area contributed by atoms with Gasteiger partial charge in [0.15, 0.2) is 11.2 Å². The summed E-state index contributed by atoms with van der Waals surface area (Å²) < 4.78 is 20.3. The smallest absolute Gasteiger partial charge is 0.313 e. The van der Waals surface area contributed by atoms with Crippen LogP contribution in [0, 0.1) is 12.7 Å². The van der Waals surface area contributed by atoms with E-state index >= 15 is 0 Å². The Kier molecular flexibility index (Phi) is 5.03. The maximum Gasteiger partial charge on any atom is 0.332 e. The Balaban J connectivity index is 1.96. The highest BCUT2D eigenvalue weighted by Crippen LogP contribution is 2.20. The second kappa shape index (κ2) is 7.41. The topological polar surface area (TPSA) is 69.5 Å². The van der Waals surface area contributed by atoms with Crippen LogP contribution in [0.5, 0.6) is 0 Å². The maximum atomic E-state index is 14.3. The summed E-state index contributed by atoms with van der Waals surface area (Å²) in [7, 11) is 5.51. The summed E-state index contributed by atoms with van der Waals surface area (Å²) in [6.07, 6.45) is 1.83. The van der Waals surface area contributed by atoms with Crippen LogP contribution in [0.25, 0.3) is 16.9 Å². The first-order valence-electron chi connectivity index (χ1n) is 9.46. The molecular formula is C20H22ClFN6O2. The number of halogens is 2. The van der Waals surface area contributed by atoms with Crippen molar-refractivity contribution in [3.63, 3.8) is 0 Å². The van der Waals surface area contributed by atoms with Gasteiger partial charge in [0, 0.05) is 42.6 Å². The van der Waals surface area contributed by atoms with E-state index in [-0.39, 0.29) is 28.3 Å². The van der Waals surface area contributed by atoms with Gasteiger partial charge in [0.2, 0.25) is 5.78 Å². The summed E-state index contributed by atoms with van der Waals surface area (Å²) in [6.45, 7) is 3.16. The van der Waals surface area contributed by atoms with Crippen molar-refractivity contribution in [3.8, 4) is 0 Å². The van der Waals surface area contributed by atoms with Gasteiger partial charge in [-0.1, -0.05) is 17.7 Å². The number of aryl methyl sites for hydroxylation is 2. The van der Waals surface area contributed by atoms with Gasteiger partial charge in [0.05, 0.1) is 6.54 Å². The Morgan fingerprint density at radius 1 is 1.20 bits per heavy atom. The molecule has 0 aliphatic heterocycles. The monoisotopic (exact) mass is 432 g/mol. The molecular weight excluding hydrogens is 411 g/mol. The van der Waals surface area contributed by atoms with Crippen LogP contribution in [0.2, 0.25) is 5.02 Å². The van der Waals surface area contributed by atoms with Crippen LogP contribution in [-0.2, 0) is 20.1 Å². The fourth-order valence-electron chi connectivity index (χ4n) is 3.61. The first-order valence-corrected chi connectivity index (χ1v) is 9.84. The molecule has 3 heterocycles. The fraction of sp³-hybridized carbons (Fsp3) is 0.350. The summed E-state index contributed by atoms with van der Waals surface area (Å²) in [5, 5.41) is 0.160. The molecule has 0 bridgehead atoms. The van der Waals surface area contributed by atoms with Gasteiger partial charge >= 0.3 is 5.69 Å². The van der Waals surface area contributed by atoms with Crippen LogP contribution in [0.15, 0.2) is 34.0 Å². The lowest BCUT2D eigenvalue weighted by atomic mass is 10.2. The van der Waals surface area contributed by atoms with Crippen molar-refractivity contribution in [3.05, 3.63) is 67.3 Å². The molecule has 0 saturated heterocycles. The van der Waals surface area contributed by atoms with E-state index in [0.29, 0.717) is 12.3 Å². The average Bonchev–Trinajstić information content (AvgIpc) is 3.18. The Hall–Kier alpha value is -2.91. The predicted molar refractivity (Wildman–Crippen MR) is 114 cm³/mol. The van der Waals surface area contributed by atoms with E-state index in [1.165, 1.54) is 22.8 Å². The van der Waals surface area contributed by atoms with Crippen molar-refractivity contribution in [2.45, 2.75) is 20.0 Å². The van der Waals surface area contributed by atoms with Crippen LogP contribution >= 0.6 is 11.6 Å². The van der Waals surface area contributed by atoms with Crippen LogP contribution in [0.3, 0.4) is 0 Å². The van der Waals surface area contributed by atoms with E-state index in [1.807, 2.05) is 31.8 Å². The molecule has 3 aromatic heterocycles. The SMILES string of the molecule is Cc1cn2c3c(=O)n(Cc4c(F)cccc4Cl)c(=O)n(C)c3nc2n1CCN(C)C. The molecule has 0 N–H and O–H groups in total. The highest BCUT2D eigenvalue weighted by Gasteiger charge is 2.21. The minimum absolute atomic E-state index is 0.0956. The minimum atomic E-state index is -0.580. The van der Waals surface area contributed by atoms with Crippen LogP contribution < -0.4 is 11.2 Å². The quantitative estimate of drug-likeness (QED) is 0.482. The molecule has 158 valence electrons. The summed E-state index contributed by atoms with van der Waals surface area (Å²) in [5.41, 5.74) is 0.478. The Morgan fingerprint density at radius 3 is 2.60 bits per heavy atom. The lowest BCUT2D eigenvalue weighted by molar-refractivity contribution is 0.384. The van der Waals surface area contributed by atoms with E-state index in [2.05, 4.69) is 9.88 Å². The molecule has 0 aliphatic carbocycles. The fourth-order valence-corrected chi connectivity index (χ4v) is 3.84. The molecule has 0 saturated carbocycles. The molecule has 4 rings (SSSR count). The minimum Gasteiger partial charge on any atom is -0.313 e. The molecule has 30 heavy (non-hydrogen) atoms. The van der Waals surface area contributed by atoms with E-state index < -0.39 is 17.1 Å². The molecule has 0 amide bonds. The van der Waals surface area contributed by atoms with Crippen molar-refractivity contribution in [1.82, 2.24) is 28.0 Å². The van der Waals surface area contributed by atoms with Gasteiger partial charge in [0.1, 0.15) is 5.82 Å². The molecule has 0 unspecified atom stereocenters. The number of hydrogen-bond acceptors (Lipinski definition) is 4. The molecule has 8 nitrogen and oxygen atoms in total. The van der Waals surface area contributed by atoms with Crippen molar-refractivity contribution < 1.29 is 4.39 Å². The highest BCUT2D eigenvalue weighted by atomic mass is 35.5. The number of aromatic nitrogens is 5. The predicted octanol–water partition coefficient (Wildman–Crippen LogP) is 1.86. The van der Waals surface area contributed by atoms with Gasteiger partial charge in [-0.3, -0.25) is 18.3 Å². The number of nitrogens with zero attached hydrogens (tertiary/aromatic N) is 6. The van der Waals surface area contributed by atoms with E-state index in [4.69, 9.17) is 11.6 Å². The number of hydrogen-bond donors (Lipinski definition) is 0. The molecule has 0 radical (unpaired) electrons. The Bertz CT molecular complexity index is 1370. The number of imidazole rings is 2. The summed E-state index contributed by atoms with van der Waals surface area (Å²) in [5.74, 6) is 0.0128. The zero-order valence-corrected chi connectivity index (χ0v) is 17.9. The zero-order valence-electron chi connectivity index (χ0n) is 17.2. The first-order chi connectivity index (χ1) is 14.2. The number of fused-ring (bicyclic) bond motifs is 3. The van der Waals surface area contributed by atoms with Crippen molar-refractivity contribution in [2.75, 3.05) is 20.6 Å². The molecule has 0 fully saturated rings. The van der Waals surface area contributed by atoms with Gasteiger partial charge in [-0.25, -0.2) is 9.18 Å². The molecule has 4 aromatic rings. The third-order valence-electron chi connectivity index (χ3n) is 5.29. The van der Waals surface area contributed by atoms with Crippen molar-refractivity contribution >= 4 is 28.5 Å². The van der Waals surface area contributed by atoms with Gasteiger partial charge in [-0.05, 0) is 33.2 Å². The second-order valence-electron chi connectivity index (χ2n) is 7.61. The van der Waals surface area contributed by atoms with Gasteiger partial charge in [-0.2, -0.15) is 4.98 Å². The van der Waals surface area contributed by atoms with Gasteiger partial charge in [-0.15, -0.1) is 0 Å². The summed E-state index contributed by atoms with van der Waals surface area (Å²) in [4.78, 5) is 32.8. The largest absolute Gasteiger partial charge is 0.332 e. The Labute approximate surface area is 176 Å². The summed E-state index contributed by atoms with van der Waals surface area (Å²) in [6, 6.07) is 4.25. The standard InChI is InChI=1S/C20H22ClFN6O2/c1-12-10-27-16-17(23-19(27)26(12)9-8-24(2)3)25(4)20(30)28(18(16)29)11-13-14(21)6-5-7-15(13)22/h5-7,10H,8-9,11H2,1-4H3. The Morgan fingerprint density at radius 2 is 1.93 bits per heavy atom. The van der Waals surface area contributed by atoms with Gasteiger partial charge < -0.3 is 9.47 Å². The van der Waals surface area contributed by atoms with Crippen LogP contribution in [0.1, 0.15) is 11.3 Å². The van der Waals surface area contributed by atoms with Crippen LogP contribution in [0.4, 0.5) is 4.39 Å². The first kappa shape index (κ1) is 20.4. The lowest BCUT2D eigenvalue weighted by Crippen LogP contribution is -2.39. The normalized spacial score (nSPS) is 12.0. The molecule has 0 spiro atoms. The highest BCUT2D eigenvalue weighted by molar-refractivity contribution is 6.31. The van der Waals surface area contributed by atoms with Crippen molar-refractivity contribution in [1.29, 1.82) is 0 Å². The number of benzene rings is 1. The molecule has 10 heteroatoms. The third-order valence-corrected chi connectivity index (χ3v) is 5.64. The van der Waals surface area contributed by atoms with Gasteiger partial charge in [0.25, 0.3) is 5.56 Å². The number of rotatable bonds is 5. The lowest BCUT2D eigenvalue weighted by Gasteiger charge is -2.11. The molecule has 0 aliphatic rings. The second-order valence-corrected chi connectivity index (χ2v) is 8.02. The zero-order chi connectivity index (χ0) is 21.7. The van der Waals surface area contributed by atoms with E-state index in [0.717, 1.165) is 16.8 Å². The van der Waals surface area contributed by atoms with E-state index in [9.17, 15) is 14.0 Å². The number of likely N-dealkylation sites (N-methyl/N-ethyl adjacent to an activating group) is 1. The molecule has 1 aromatic carbocycles. The van der Waals surface area contributed by atoms with Crippen molar-refractivity contribution in [2.24, 2.45) is 7.05 Å². The molecule has 0 atom stereocenters.